The smallest absolute Gasteiger partial charge is 0.242 e. The molecule has 14 heavy (non-hydrogen) atoms. The number of rotatable bonds is 3. The second-order valence-electron chi connectivity index (χ2n) is 4.04. The van der Waals surface area contributed by atoms with Crippen LogP contribution in [-0.2, 0) is 11.3 Å². The molecule has 0 aromatic carbocycles. The number of amides is 1. The van der Waals surface area contributed by atoms with Crippen LogP contribution in [-0.4, -0.2) is 28.4 Å². The summed E-state index contributed by atoms with van der Waals surface area (Å²) < 4.78 is 0. The summed E-state index contributed by atoms with van der Waals surface area (Å²) in [5.41, 5.74) is 6.37. The standard InChI is InChI=1S/C10H15N3O/c1-13(7-8-2-5-12-6-8)9(14)10(11)3-4-10/h2,5-6,12H,3-4,7,11H2,1H3. The first-order valence-corrected chi connectivity index (χ1v) is 4.78. The van der Waals surface area contributed by atoms with Crippen molar-refractivity contribution in [2.24, 2.45) is 5.73 Å². The minimum atomic E-state index is -0.551. The van der Waals surface area contributed by atoms with Crippen LogP contribution >= 0.6 is 0 Å². The van der Waals surface area contributed by atoms with Gasteiger partial charge in [0.1, 0.15) is 0 Å². The largest absolute Gasteiger partial charge is 0.367 e. The maximum atomic E-state index is 11.7. The van der Waals surface area contributed by atoms with Gasteiger partial charge in [-0.15, -0.1) is 0 Å². The first kappa shape index (κ1) is 9.27. The van der Waals surface area contributed by atoms with E-state index in [1.54, 1.807) is 11.9 Å². The molecule has 1 saturated carbocycles. The Labute approximate surface area is 83.1 Å². The van der Waals surface area contributed by atoms with E-state index in [2.05, 4.69) is 4.98 Å². The van der Waals surface area contributed by atoms with Crippen molar-refractivity contribution in [3.63, 3.8) is 0 Å². The maximum absolute atomic E-state index is 11.7. The third-order valence-electron chi connectivity index (χ3n) is 2.64. The summed E-state index contributed by atoms with van der Waals surface area (Å²) in [6, 6.07) is 1.96. The number of likely N-dealkylation sites (N-methyl/N-ethyl adjacent to an activating group) is 1. The highest BCUT2D eigenvalue weighted by molar-refractivity contribution is 5.88. The molecule has 4 nitrogen and oxygen atoms in total. The molecule has 1 aromatic rings. The number of aromatic amines is 1. The van der Waals surface area contributed by atoms with Gasteiger partial charge < -0.3 is 15.6 Å². The van der Waals surface area contributed by atoms with Crippen LogP contribution in [0.2, 0.25) is 0 Å². The molecule has 0 radical (unpaired) electrons. The number of carbonyl (C=O) groups excluding carboxylic acids is 1. The molecule has 3 N–H and O–H groups in total. The Morgan fingerprint density at radius 3 is 2.93 bits per heavy atom. The van der Waals surface area contributed by atoms with E-state index in [9.17, 15) is 4.79 Å². The van der Waals surface area contributed by atoms with Crippen molar-refractivity contribution in [1.29, 1.82) is 0 Å². The van der Waals surface area contributed by atoms with Crippen molar-refractivity contribution >= 4 is 5.91 Å². The van der Waals surface area contributed by atoms with Gasteiger partial charge in [0.2, 0.25) is 5.91 Å². The summed E-state index contributed by atoms with van der Waals surface area (Å²) in [7, 11) is 1.79. The number of nitrogens with two attached hydrogens (primary N) is 1. The number of H-pyrrole nitrogens is 1. The lowest BCUT2D eigenvalue weighted by Crippen LogP contribution is -2.43. The zero-order valence-corrected chi connectivity index (χ0v) is 8.29. The van der Waals surface area contributed by atoms with Crippen molar-refractivity contribution in [1.82, 2.24) is 9.88 Å². The molecule has 0 spiro atoms. The van der Waals surface area contributed by atoms with Crippen molar-refractivity contribution in [3.05, 3.63) is 24.0 Å². The fraction of sp³-hybridized carbons (Fsp3) is 0.500. The van der Waals surface area contributed by atoms with E-state index in [1.807, 2.05) is 18.5 Å². The van der Waals surface area contributed by atoms with Crippen LogP contribution < -0.4 is 5.73 Å². The molecule has 76 valence electrons. The normalized spacial score (nSPS) is 17.9. The highest BCUT2D eigenvalue weighted by Crippen LogP contribution is 2.34. The summed E-state index contributed by atoms with van der Waals surface area (Å²) in [6.07, 6.45) is 5.38. The SMILES string of the molecule is CN(Cc1cc[nH]c1)C(=O)C1(N)CC1. The Balaban J connectivity index is 1.96. The number of nitrogens with zero attached hydrogens (tertiary/aromatic N) is 1. The summed E-state index contributed by atoms with van der Waals surface area (Å²) >= 11 is 0. The van der Waals surface area contributed by atoms with Gasteiger partial charge >= 0.3 is 0 Å². The molecule has 1 aliphatic rings. The van der Waals surface area contributed by atoms with Gasteiger partial charge in [-0.2, -0.15) is 0 Å². The number of aromatic nitrogens is 1. The summed E-state index contributed by atoms with van der Waals surface area (Å²) in [5, 5.41) is 0. The fourth-order valence-corrected chi connectivity index (χ4v) is 1.53. The third kappa shape index (κ3) is 1.65. The minimum absolute atomic E-state index is 0.0544. The van der Waals surface area contributed by atoms with Crippen LogP contribution in [0.5, 0.6) is 0 Å². The van der Waals surface area contributed by atoms with E-state index >= 15 is 0 Å². The molecule has 0 saturated heterocycles. The number of hydrogen-bond acceptors (Lipinski definition) is 2. The molecule has 2 rings (SSSR count). The average molecular weight is 193 g/mol. The minimum Gasteiger partial charge on any atom is -0.367 e. The van der Waals surface area contributed by atoms with Gasteiger partial charge in [-0.05, 0) is 24.5 Å². The third-order valence-corrected chi connectivity index (χ3v) is 2.64. The van der Waals surface area contributed by atoms with Gasteiger partial charge in [0.05, 0.1) is 5.54 Å². The molecule has 1 aromatic heterocycles. The van der Waals surface area contributed by atoms with Crippen LogP contribution in [0.15, 0.2) is 18.5 Å². The van der Waals surface area contributed by atoms with Crippen LogP contribution in [0.4, 0.5) is 0 Å². The average Bonchev–Trinajstić information content (AvgIpc) is 2.71. The molecular weight excluding hydrogens is 178 g/mol. The highest BCUT2D eigenvalue weighted by Gasteiger charge is 2.47. The van der Waals surface area contributed by atoms with Crippen LogP contribution in [0.3, 0.4) is 0 Å². The lowest BCUT2D eigenvalue weighted by molar-refractivity contribution is -0.132. The van der Waals surface area contributed by atoms with E-state index < -0.39 is 5.54 Å². The van der Waals surface area contributed by atoms with E-state index in [0.717, 1.165) is 18.4 Å². The Hall–Kier alpha value is -1.29. The Kier molecular flexibility index (Phi) is 2.07. The topological polar surface area (TPSA) is 62.1 Å². The van der Waals surface area contributed by atoms with E-state index in [0.29, 0.717) is 6.54 Å². The molecule has 1 aliphatic carbocycles. The second kappa shape index (κ2) is 3.13. The van der Waals surface area contributed by atoms with Crippen molar-refractivity contribution in [2.45, 2.75) is 24.9 Å². The maximum Gasteiger partial charge on any atom is 0.242 e. The molecule has 0 aliphatic heterocycles. The lowest BCUT2D eigenvalue weighted by Gasteiger charge is -2.20. The number of hydrogen-bond donors (Lipinski definition) is 2. The number of nitrogens with one attached hydrogen (secondary N) is 1. The highest BCUT2D eigenvalue weighted by atomic mass is 16.2. The fourth-order valence-electron chi connectivity index (χ4n) is 1.53. The van der Waals surface area contributed by atoms with Gasteiger partial charge in [-0.25, -0.2) is 0 Å². The van der Waals surface area contributed by atoms with Gasteiger partial charge in [-0.1, -0.05) is 0 Å². The molecular formula is C10H15N3O. The van der Waals surface area contributed by atoms with E-state index in [1.165, 1.54) is 0 Å². The Morgan fingerprint density at radius 2 is 2.43 bits per heavy atom. The summed E-state index contributed by atoms with van der Waals surface area (Å²) in [6.45, 7) is 0.626. The van der Waals surface area contributed by atoms with Crippen molar-refractivity contribution in [3.8, 4) is 0 Å². The molecule has 1 heterocycles. The zero-order valence-electron chi connectivity index (χ0n) is 8.29. The van der Waals surface area contributed by atoms with Crippen LogP contribution in [0.25, 0.3) is 0 Å². The van der Waals surface area contributed by atoms with Gasteiger partial charge in [0.15, 0.2) is 0 Å². The molecule has 0 unspecified atom stereocenters. The molecule has 4 heteroatoms. The van der Waals surface area contributed by atoms with Gasteiger partial charge in [-0.3, -0.25) is 4.79 Å². The van der Waals surface area contributed by atoms with E-state index in [4.69, 9.17) is 5.73 Å². The molecule has 1 fully saturated rings. The van der Waals surface area contributed by atoms with Gasteiger partial charge in [0, 0.05) is 26.0 Å². The van der Waals surface area contributed by atoms with Gasteiger partial charge in [0.25, 0.3) is 0 Å². The van der Waals surface area contributed by atoms with E-state index in [-0.39, 0.29) is 5.91 Å². The number of carbonyl (C=O) groups is 1. The Bertz CT molecular complexity index is 327. The van der Waals surface area contributed by atoms with Crippen molar-refractivity contribution in [2.75, 3.05) is 7.05 Å². The predicted molar refractivity (Wildman–Crippen MR) is 53.4 cm³/mol. The van der Waals surface area contributed by atoms with Crippen LogP contribution in [0, 0.1) is 0 Å². The van der Waals surface area contributed by atoms with Crippen molar-refractivity contribution < 1.29 is 4.79 Å². The second-order valence-corrected chi connectivity index (χ2v) is 4.04. The predicted octanol–water partition coefficient (Wildman–Crippen LogP) is 0.464. The molecule has 1 amide bonds. The molecule has 0 atom stereocenters. The quantitative estimate of drug-likeness (QED) is 0.732. The molecule has 0 bridgehead atoms. The summed E-state index contributed by atoms with van der Waals surface area (Å²) in [4.78, 5) is 16.4. The Morgan fingerprint density at radius 1 is 1.71 bits per heavy atom. The monoisotopic (exact) mass is 193 g/mol. The first-order valence-electron chi connectivity index (χ1n) is 4.78. The summed E-state index contributed by atoms with van der Waals surface area (Å²) in [5.74, 6) is 0.0544. The first-order chi connectivity index (χ1) is 6.62. The van der Waals surface area contributed by atoms with Crippen LogP contribution in [0.1, 0.15) is 18.4 Å². The lowest BCUT2D eigenvalue weighted by atomic mass is 10.2. The zero-order chi connectivity index (χ0) is 10.2.